The van der Waals surface area contributed by atoms with Crippen molar-refractivity contribution in [2.75, 3.05) is 0 Å². The summed E-state index contributed by atoms with van der Waals surface area (Å²) < 4.78 is 0. The number of carbonyl (C=O) groups is 1. The van der Waals surface area contributed by atoms with E-state index in [0.717, 1.165) is 24.2 Å². The van der Waals surface area contributed by atoms with E-state index in [0.29, 0.717) is 6.42 Å². The maximum absolute atomic E-state index is 11.1. The number of hydrogen-bond donors (Lipinski definition) is 3. The Balaban J connectivity index is 2.31. The van der Waals surface area contributed by atoms with Crippen molar-refractivity contribution < 1.29 is 4.79 Å². The Morgan fingerprint density at radius 2 is 2.10 bits per heavy atom. The fourth-order valence-corrected chi connectivity index (χ4v) is 1.28. The van der Waals surface area contributed by atoms with Crippen LogP contribution in [0.25, 0.3) is 0 Å². The maximum atomic E-state index is 11.1. The number of nitrogens with one attached hydrogen (secondary N) is 3. The van der Waals surface area contributed by atoms with Crippen LogP contribution < -0.4 is 16.4 Å². The van der Waals surface area contributed by atoms with Crippen LogP contribution in [0, 0.1) is 0 Å². The minimum absolute atomic E-state index is 0.207. The molecule has 2 aliphatic rings. The highest BCUT2D eigenvalue weighted by Gasteiger charge is 2.23. The number of allylic oxidation sites excluding steroid dienone is 2. The SMILES string of the molecule is O=C1CCCC2=C1NNN2. The fourth-order valence-electron chi connectivity index (χ4n) is 1.28. The van der Waals surface area contributed by atoms with Gasteiger partial charge in [0.15, 0.2) is 5.78 Å². The van der Waals surface area contributed by atoms with E-state index in [1.807, 2.05) is 0 Å². The van der Waals surface area contributed by atoms with Crippen molar-refractivity contribution in [1.82, 2.24) is 16.4 Å². The summed E-state index contributed by atoms with van der Waals surface area (Å²) in [5, 5.41) is 0. The Kier molecular flexibility index (Phi) is 1.14. The molecule has 0 atom stereocenters. The molecule has 0 aromatic heterocycles. The molecule has 0 aromatic rings. The van der Waals surface area contributed by atoms with Crippen LogP contribution in [0.5, 0.6) is 0 Å². The average molecular weight is 139 g/mol. The molecule has 0 saturated carbocycles. The summed E-state index contributed by atoms with van der Waals surface area (Å²) in [6.07, 6.45) is 2.62. The van der Waals surface area contributed by atoms with Crippen LogP contribution in [-0.4, -0.2) is 5.78 Å². The molecular formula is C6H9N3O. The van der Waals surface area contributed by atoms with Crippen LogP contribution in [0.2, 0.25) is 0 Å². The summed E-state index contributed by atoms with van der Waals surface area (Å²) in [4.78, 5) is 11.1. The predicted octanol–water partition coefficient (Wildman–Crippen LogP) is -0.437. The molecule has 1 heterocycles. The van der Waals surface area contributed by atoms with Gasteiger partial charge in [-0.2, -0.15) is 5.53 Å². The second kappa shape index (κ2) is 1.98. The molecule has 0 amide bonds. The highest BCUT2D eigenvalue weighted by atomic mass is 16.1. The first kappa shape index (κ1) is 5.73. The normalized spacial score (nSPS) is 23.8. The van der Waals surface area contributed by atoms with Gasteiger partial charge in [-0.05, 0) is 12.8 Å². The van der Waals surface area contributed by atoms with E-state index in [-0.39, 0.29) is 5.78 Å². The third-order valence-electron chi connectivity index (χ3n) is 1.81. The molecule has 4 heteroatoms. The quantitative estimate of drug-likeness (QED) is 0.426. The lowest BCUT2D eigenvalue weighted by Gasteiger charge is -2.09. The van der Waals surface area contributed by atoms with E-state index in [4.69, 9.17) is 0 Å². The molecule has 0 fully saturated rings. The molecule has 2 rings (SSSR count). The van der Waals surface area contributed by atoms with E-state index in [2.05, 4.69) is 16.4 Å². The van der Waals surface area contributed by atoms with Crippen molar-refractivity contribution in [3.05, 3.63) is 11.4 Å². The minimum Gasteiger partial charge on any atom is -0.306 e. The third-order valence-corrected chi connectivity index (χ3v) is 1.81. The van der Waals surface area contributed by atoms with Gasteiger partial charge in [-0.15, -0.1) is 0 Å². The molecule has 0 aromatic carbocycles. The molecular weight excluding hydrogens is 130 g/mol. The monoisotopic (exact) mass is 139 g/mol. The summed E-state index contributed by atoms with van der Waals surface area (Å²) in [6, 6.07) is 0. The highest BCUT2D eigenvalue weighted by molar-refractivity contribution is 5.96. The Bertz CT molecular complexity index is 209. The molecule has 1 aliphatic carbocycles. The van der Waals surface area contributed by atoms with Crippen molar-refractivity contribution >= 4 is 5.78 Å². The van der Waals surface area contributed by atoms with Gasteiger partial charge in [0.25, 0.3) is 0 Å². The van der Waals surface area contributed by atoms with E-state index >= 15 is 0 Å². The Labute approximate surface area is 58.6 Å². The molecule has 1 aliphatic heterocycles. The molecule has 3 N–H and O–H groups in total. The van der Waals surface area contributed by atoms with Gasteiger partial charge in [-0.25, -0.2) is 0 Å². The highest BCUT2D eigenvalue weighted by Crippen LogP contribution is 2.18. The Morgan fingerprint density at radius 3 is 2.90 bits per heavy atom. The summed E-state index contributed by atoms with van der Waals surface area (Å²) in [6.45, 7) is 0. The molecule has 10 heavy (non-hydrogen) atoms. The number of ketones is 1. The predicted molar refractivity (Wildman–Crippen MR) is 35.3 cm³/mol. The molecule has 0 unspecified atom stereocenters. The molecule has 0 saturated heterocycles. The zero-order chi connectivity index (χ0) is 6.97. The first-order valence-electron chi connectivity index (χ1n) is 3.41. The smallest absolute Gasteiger partial charge is 0.181 e. The van der Waals surface area contributed by atoms with Crippen molar-refractivity contribution in [2.45, 2.75) is 19.3 Å². The van der Waals surface area contributed by atoms with Crippen LogP contribution in [0.1, 0.15) is 19.3 Å². The van der Waals surface area contributed by atoms with Crippen molar-refractivity contribution in [3.63, 3.8) is 0 Å². The lowest BCUT2D eigenvalue weighted by Crippen LogP contribution is -2.33. The maximum Gasteiger partial charge on any atom is 0.181 e. The summed E-state index contributed by atoms with van der Waals surface area (Å²) in [5.74, 6) is 0.207. The molecule has 0 spiro atoms. The molecule has 0 bridgehead atoms. The van der Waals surface area contributed by atoms with Gasteiger partial charge in [0.1, 0.15) is 5.70 Å². The van der Waals surface area contributed by atoms with Gasteiger partial charge in [-0.1, -0.05) is 0 Å². The third kappa shape index (κ3) is 0.690. The van der Waals surface area contributed by atoms with Crippen LogP contribution in [-0.2, 0) is 4.79 Å². The van der Waals surface area contributed by atoms with Crippen LogP contribution in [0.4, 0.5) is 0 Å². The second-order valence-corrected chi connectivity index (χ2v) is 2.51. The molecule has 54 valence electrons. The zero-order valence-electron chi connectivity index (χ0n) is 5.53. The van der Waals surface area contributed by atoms with Crippen LogP contribution in [0.3, 0.4) is 0 Å². The second-order valence-electron chi connectivity index (χ2n) is 2.51. The van der Waals surface area contributed by atoms with Crippen molar-refractivity contribution in [1.29, 1.82) is 0 Å². The molecule has 0 radical (unpaired) electrons. The van der Waals surface area contributed by atoms with Crippen molar-refractivity contribution in [2.24, 2.45) is 0 Å². The average Bonchev–Trinajstić information content (AvgIpc) is 2.36. The number of rotatable bonds is 0. The fraction of sp³-hybridized carbons (Fsp3) is 0.500. The standard InChI is InChI=1S/C6H9N3O/c10-5-3-1-2-4-6(5)8-9-7-4/h7-9H,1-3H2. The Morgan fingerprint density at radius 1 is 1.20 bits per heavy atom. The first-order chi connectivity index (χ1) is 4.88. The summed E-state index contributed by atoms with van der Waals surface area (Å²) in [5.41, 5.74) is 10.1. The van der Waals surface area contributed by atoms with Gasteiger partial charge in [0.2, 0.25) is 0 Å². The van der Waals surface area contributed by atoms with Crippen LogP contribution in [0.15, 0.2) is 11.4 Å². The van der Waals surface area contributed by atoms with E-state index in [1.54, 1.807) is 0 Å². The van der Waals surface area contributed by atoms with E-state index < -0.39 is 0 Å². The van der Waals surface area contributed by atoms with Crippen LogP contribution >= 0.6 is 0 Å². The van der Waals surface area contributed by atoms with Gasteiger partial charge in [0.05, 0.1) is 5.70 Å². The van der Waals surface area contributed by atoms with E-state index in [9.17, 15) is 4.79 Å². The zero-order valence-corrected chi connectivity index (χ0v) is 5.53. The van der Waals surface area contributed by atoms with Crippen molar-refractivity contribution in [3.8, 4) is 0 Å². The Hall–Kier alpha value is -1.03. The van der Waals surface area contributed by atoms with E-state index in [1.165, 1.54) is 0 Å². The summed E-state index contributed by atoms with van der Waals surface area (Å²) >= 11 is 0. The van der Waals surface area contributed by atoms with Gasteiger partial charge in [0, 0.05) is 6.42 Å². The number of hydrogen-bond acceptors (Lipinski definition) is 4. The lowest BCUT2D eigenvalue weighted by atomic mass is 10.0. The number of hydrazine groups is 2. The number of Topliss-reactive ketones (excluding diaryl/α,β-unsaturated/α-hetero) is 1. The number of carbonyl (C=O) groups excluding carboxylic acids is 1. The minimum atomic E-state index is 0.207. The van der Waals surface area contributed by atoms with Gasteiger partial charge in [-0.3, -0.25) is 10.2 Å². The topological polar surface area (TPSA) is 53.2 Å². The molecule has 4 nitrogen and oxygen atoms in total. The van der Waals surface area contributed by atoms with Gasteiger partial charge < -0.3 is 5.43 Å². The largest absolute Gasteiger partial charge is 0.306 e. The summed E-state index contributed by atoms with van der Waals surface area (Å²) in [7, 11) is 0. The first-order valence-corrected chi connectivity index (χ1v) is 3.41. The van der Waals surface area contributed by atoms with Gasteiger partial charge >= 0.3 is 0 Å². The lowest BCUT2D eigenvalue weighted by molar-refractivity contribution is -0.116.